The van der Waals surface area contributed by atoms with Gasteiger partial charge in [-0.3, -0.25) is 4.90 Å². The molecule has 1 aliphatic heterocycles. The van der Waals surface area contributed by atoms with Gasteiger partial charge in [-0.2, -0.15) is 13.2 Å². The Balaban J connectivity index is 1.87. The summed E-state index contributed by atoms with van der Waals surface area (Å²) in [6.07, 6.45) is -5.13. The molecule has 2 aromatic carbocycles. The first-order valence-electron chi connectivity index (χ1n) is 9.45. The predicted octanol–water partition coefficient (Wildman–Crippen LogP) is 2.77. The van der Waals surface area contributed by atoms with E-state index in [0.717, 1.165) is 31.8 Å². The van der Waals surface area contributed by atoms with Crippen LogP contribution in [0.25, 0.3) is 0 Å². The van der Waals surface area contributed by atoms with Crippen molar-refractivity contribution in [3.8, 4) is 5.75 Å². The summed E-state index contributed by atoms with van der Waals surface area (Å²) in [5.41, 5.74) is -0.349. The lowest BCUT2D eigenvalue weighted by atomic mass is 10.0. The van der Waals surface area contributed by atoms with Crippen LogP contribution in [0.3, 0.4) is 0 Å². The summed E-state index contributed by atoms with van der Waals surface area (Å²) in [5, 5.41) is 8.43. The van der Waals surface area contributed by atoms with Gasteiger partial charge in [0.05, 0.1) is 10.5 Å². The van der Waals surface area contributed by atoms with E-state index >= 15 is 0 Å². The highest BCUT2D eigenvalue weighted by atomic mass is 32.2. The molecule has 3 rings (SSSR count). The Bertz CT molecular complexity index is 965. The first kappa shape index (κ1) is 22.5. The van der Waals surface area contributed by atoms with Crippen LogP contribution < -0.4 is 15.2 Å². The van der Waals surface area contributed by atoms with Gasteiger partial charge in [0.15, 0.2) is 0 Å². The lowest BCUT2D eigenvalue weighted by molar-refractivity contribution is -0.137. The minimum atomic E-state index is -4.46. The second-order valence-corrected chi connectivity index (χ2v) is 8.92. The highest BCUT2D eigenvalue weighted by Crippen LogP contribution is 2.32. The van der Waals surface area contributed by atoms with E-state index in [4.69, 9.17) is 9.88 Å². The summed E-state index contributed by atoms with van der Waals surface area (Å²) >= 11 is 0. The fraction of sp³-hybridized carbons (Fsp3) is 0.400. The Hall–Kier alpha value is -2.14. The van der Waals surface area contributed by atoms with Gasteiger partial charge in [-0.25, -0.2) is 13.6 Å². The van der Waals surface area contributed by atoms with Gasteiger partial charge < -0.3 is 10.1 Å². The molecule has 0 saturated carbocycles. The van der Waals surface area contributed by atoms with Crippen molar-refractivity contribution in [1.82, 2.24) is 10.2 Å². The SMILES string of the molecule is C[C@@H]1CN(CC(Oc2ccc(S(N)(=O)=O)cc2)c2cccc(C(F)(F)F)c2)CCN1. The molecule has 6 nitrogen and oxygen atoms in total. The standard InChI is InChI=1S/C20H24F3N3O3S/c1-14-12-26(10-9-25-14)13-19(15-3-2-4-16(11-15)20(21,22)23)29-17-5-7-18(8-6-17)30(24,27)28/h2-8,11,14,19,25H,9-10,12-13H2,1H3,(H2,24,27,28)/t14-,19?/m1/s1. The minimum absolute atomic E-state index is 0.0681. The molecule has 3 N–H and O–H groups in total. The van der Waals surface area contributed by atoms with Crippen molar-refractivity contribution < 1.29 is 26.3 Å². The molecule has 0 aliphatic carbocycles. The third-order valence-corrected chi connectivity index (χ3v) is 5.82. The summed E-state index contributed by atoms with van der Waals surface area (Å²) in [6, 6.07) is 10.8. The van der Waals surface area contributed by atoms with Gasteiger partial charge in [-0.05, 0) is 48.9 Å². The average Bonchev–Trinajstić information content (AvgIpc) is 2.67. The van der Waals surface area contributed by atoms with E-state index < -0.39 is 27.9 Å². The van der Waals surface area contributed by atoms with Crippen LogP contribution in [-0.4, -0.2) is 45.5 Å². The van der Waals surface area contributed by atoms with Crippen LogP contribution >= 0.6 is 0 Å². The van der Waals surface area contributed by atoms with Gasteiger partial charge >= 0.3 is 6.18 Å². The molecule has 0 spiro atoms. The van der Waals surface area contributed by atoms with Gasteiger partial charge in [0.25, 0.3) is 0 Å². The van der Waals surface area contributed by atoms with E-state index in [2.05, 4.69) is 10.2 Å². The first-order chi connectivity index (χ1) is 14.0. The van der Waals surface area contributed by atoms with Gasteiger partial charge in [0, 0.05) is 32.2 Å². The highest BCUT2D eigenvalue weighted by Gasteiger charge is 2.31. The van der Waals surface area contributed by atoms with Crippen molar-refractivity contribution >= 4 is 10.0 Å². The van der Waals surface area contributed by atoms with Gasteiger partial charge in [-0.15, -0.1) is 0 Å². The number of hydrogen-bond acceptors (Lipinski definition) is 5. The summed E-state index contributed by atoms with van der Waals surface area (Å²) in [4.78, 5) is 2.06. The summed E-state index contributed by atoms with van der Waals surface area (Å²) < 4.78 is 68.5. The third kappa shape index (κ3) is 5.94. The number of nitrogens with two attached hydrogens (primary N) is 1. The summed E-state index contributed by atoms with van der Waals surface area (Å²) in [7, 11) is -3.85. The molecule has 164 valence electrons. The van der Waals surface area contributed by atoms with Crippen LogP contribution in [-0.2, 0) is 16.2 Å². The Labute approximate surface area is 173 Å². The summed E-state index contributed by atoms with van der Waals surface area (Å²) in [6.45, 7) is 4.69. The second-order valence-electron chi connectivity index (χ2n) is 7.36. The molecule has 1 heterocycles. The predicted molar refractivity (Wildman–Crippen MR) is 107 cm³/mol. The van der Waals surface area contributed by atoms with E-state index in [0.29, 0.717) is 17.9 Å². The number of ether oxygens (including phenoxy) is 1. The molecule has 0 amide bonds. The van der Waals surface area contributed by atoms with Crippen molar-refractivity contribution in [2.45, 2.75) is 30.1 Å². The van der Waals surface area contributed by atoms with E-state index in [-0.39, 0.29) is 10.9 Å². The number of nitrogens with zero attached hydrogens (tertiary/aromatic N) is 1. The zero-order valence-electron chi connectivity index (χ0n) is 16.4. The molecule has 0 aromatic heterocycles. The van der Waals surface area contributed by atoms with Crippen LogP contribution in [0.15, 0.2) is 53.4 Å². The first-order valence-corrected chi connectivity index (χ1v) is 11.0. The maximum Gasteiger partial charge on any atom is 0.416 e. The Kier molecular flexibility index (Phi) is 6.71. The largest absolute Gasteiger partial charge is 0.484 e. The van der Waals surface area contributed by atoms with Crippen molar-refractivity contribution in [3.63, 3.8) is 0 Å². The maximum atomic E-state index is 13.2. The van der Waals surface area contributed by atoms with Crippen LogP contribution in [0.4, 0.5) is 13.2 Å². The molecule has 1 saturated heterocycles. The molecule has 0 bridgehead atoms. The topological polar surface area (TPSA) is 84.7 Å². The number of primary sulfonamides is 1. The molecular weight excluding hydrogens is 419 g/mol. The van der Waals surface area contributed by atoms with Crippen LogP contribution in [0.1, 0.15) is 24.2 Å². The van der Waals surface area contributed by atoms with E-state index in [1.807, 2.05) is 6.92 Å². The number of nitrogens with one attached hydrogen (secondary N) is 1. The fourth-order valence-corrected chi connectivity index (χ4v) is 3.93. The van der Waals surface area contributed by atoms with Crippen LogP contribution in [0.2, 0.25) is 0 Å². The molecule has 1 unspecified atom stereocenters. The molecule has 2 atom stereocenters. The van der Waals surface area contributed by atoms with Gasteiger partial charge in [-0.1, -0.05) is 12.1 Å². The Morgan fingerprint density at radius 3 is 2.53 bits per heavy atom. The van der Waals surface area contributed by atoms with Crippen molar-refractivity contribution in [2.24, 2.45) is 5.14 Å². The number of piperazine rings is 1. The molecule has 0 radical (unpaired) electrons. The number of benzene rings is 2. The lowest BCUT2D eigenvalue weighted by Gasteiger charge is -2.34. The monoisotopic (exact) mass is 443 g/mol. The zero-order chi connectivity index (χ0) is 21.9. The Morgan fingerprint density at radius 2 is 1.93 bits per heavy atom. The highest BCUT2D eigenvalue weighted by molar-refractivity contribution is 7.89. The fourth-order valence-electron chi connectivity index (χ4n) is 3.41. The van der Waals surface area contributed by atoms with E-state index in [9.17, 15) is 21.6 Å². The molecule has 2 aromatic rings. The minimum Gasteiger partial charge on any atom is -0.484 e. The molecule has 10 heteroatoms. The van der Waals surface area contributed by atoms with Crippen molar-refractivity contribution in [2.75, 3.05) is 26.2 Å². The van der Waals surface area contributed by atoms with Crippen molar-refractivity contribution in [1.29, 1.82) is 0 Å². The van der Waals surface area contributed by atoms with Gasteiger partial charge in [0.2, 0.25) is 10.0 Å². The number of rotatable bonds is 6. The maximum absolute atomic E-state index is 13.2. The Morgan fingerprint density at radius 1 is 1.23 bits per heavy atom. The quantitative estimate of drug-likeness (QED) is 0.717. The third-order valence-electron chi connectivity index (χ3n) is 4.89. The number of halogens is 3. The van der Waals surface area contributed by atoms with E-state index in [1.54, 1.807) is 6.07 Å². The number of sulfonamides is 1. The smallest absolute Gasteiger partial charge is 0.416 e. The normalized spacial score (nSPS) is 19.4. The van der Waals surface area contributed by atoms with Crippen LogP contribution in [0, 0.1) is 0 Å². The van der Waals surface area contributed by atoms with Gasteiger partial charge in [0.1, 0.15) is 11.9 Å². The average molecular weight is 443 g/mol. The second kappa shape index (κ2) is 8.93. The lowest BCUT2D eigenvalue weighted by Crippen LogP contribution is -2.50. The molecule has 1 aliphatic rings. The zero-order valence-corrected chi connectivity index (χ0v) is 17.2. The number of hydrogen-bond donors (Lipinski definition) is 2. The summed E-state index contributed by atoms with van der Waals surface area (Å²) in [5.74, 6) is 0.341. The van der Waals surface area contributed by atoms with E-state index in [1.165, 1.54) is 30.3 Å². The molecular formula is C20H24F3N3O3S. The van der Waals surface area contributed by atoms with Crippen molar-refractivity contribution in [3.05, 3.63) is 59.7 Å². The molecule has 1 fully saturated rings. The molecule has 30 heavy (non-hydrogen) atoms. The number of alkyl halides is 3. The van der Waals surface area contributed by atoms with Crippen LogP contribution in [0.5, 0.6) is 5.75 Å².